The average molecular weight is 1610 g/mol. The molecule has 1 saturated heterocycles. The fourth-order valence-corrected chi connectivity index (χ4v) is 11.8. The number of nitrogens with one attached hydrogen (secondary N) is 9. The number of unbranched alkanes of at least 4 members (excludes halogenated alkanes) is 5. The Kier molecular flexibility index (Phi) is 57.9. The third kappa shape index (κ3) is 50.9. The van der Waals surface area contributed by atoms with Crippen molar-refractivity contribution in [2.45, 2.75) is 246 Å². The molecular weight excluding hydrogens is 1450 g/mol. The lowest BCUT2D eigenvalue weighted by molar-refractivity contribution is -0.140. The summed E-state index contributed by atoms with van der Waals surface area (Å²) in [5.74, 6) is -5.03. The van der Waals surface area contributed by atoms with Crippen LogP contribution in [0.5, 0.6) is 0 Å². The van der Waals surface area contributed by atoms with Gasteiger partial charge >= 0.3 is 0 Å². The summed E-state index contributed by atoms with van der Waals surface area (Å²) in [5.41, 5.74) is -4.61. The highest BCUT2D eigenvalue weighted by Gasteiger charge is 2.42. The van der Waals surface area contributed by atoms with Gasteiger partial charge in [0.2, 0.25) is 53.2 Å². The van der Waals surface area contributed by atoms with Crippen molar-refractivity contribution in [1.29, 1.82) is 0 Å². The van der Waals surface area contributed by atoms with Gasteiger partial charge < -0.3 is 114 Å². The third-order valence-electron chi connectivity index (χ3n) is 17.8. The quantitative estimate of drug-likeness (QED) is 0.0309. The van der Waals surface area contributed by atoms with Crippen LogP contribution in [0.3, 0.4) is 0 Å². The Hall–Kier alpha value is -5.37. The van der Waals surface area contributed by atoms with Crippen molar-refractivity contribution in [3.63, 3.8) is 0 Å². The molecule has 0 aromatic carbocycles. The maximum atomic E-state index is 14.5. The molecule has 1 heterocycles. The lowest BCUT2D eigenvalue weighted by Gasteiger charge is -2.35. The second-order valence-electron chi connectivity index (χ2n) is 31.6. The zero-order valence-electron chi connectivity index (χ0n) is 71.5. The first kappa shape index (κ1) is 105. The SMILES string of the molecule is CCCCCCCC[C@H](NC(=O)[C@@H]1CCCN1C(=O)CCOCCOCCOCCOCCOCCOCCOCCOCCOCCOCCOCCOC)C(=O)N[C@@H](CC(C)C)C(O)NC(C)(C)C(=O)N[C@@H](CC(C)C)C(=O)N[C@@H](CC(C)C)C(=O)NC(C)(C)C(=O)NC(C)(C)C(=O)NCCC(=O)N[C@@H](C)CN(C)C. The number of likely N-dealkylation sites (N-methyl/N-ethyl adjacent to an activating group) is 1. The van der Waals surface area contributed by atoms with E-state index >= 15 is 0 Å². The predicted molar refractivity (Wildman–Crippen MR) is 426 cm³/mol. The second-order valence-corrected chi connectivity index (χ2v) is 31.6. The Labute approximate surface area is 669 Å². The number of aliphatic hydroxyl groups is 1. The van der Waals surface area contributed by atoms with Crippen LogP contribution in [0.4, 0.5) is 0 Å². The van der Waals surface area contributed by atoms with Gasteiger partial charge in [0.05, 0.1) is 170 Å². The summed E-state index contributed by atoms with van der Waals surface area (Å²) in [5, 5.41) is 37.6. The summed E-state index contributed by atoms with van der Waals surface area (Å²) in [7, 11) is 5.43. The van der Waals surface area contributed by atoms with Crippen molar-refractivity contribution >= 4 is 53.2 Å². The number of methoxy groups -OCH3 is 1. The smallest absolute Gasteiger partial charge is 0.246 e. The number of hydrogen-bond donors (Lipinski definition) is 10. The molecule has 0 aliphatic carbocycles. The summed E-state index contributed by atoms with van der Waals surface area (Å²) in [6, 6.07) is -5.21. The summed E-state index contributed by atoms with van der Waals surface area (Å²) in [6.45, 7) is 35.2. The van der Waals surface area contributed by atoms with Gasteiger partial charge in [0.1, 0.15) is 41.5 Å². The van der Waals surface area contributed by atoms with E-state index in [0.717, 1.165) is 32.1 Å². The van der Waals surface area contributed by atoms with Crippen molar-refractivity contribution in [3.05, 3.63) is 0 Å². The van der Waals surface area contributed by atoms with Gasteiger partial charge in [-0.1, -0.05) is 87.0 Å². The number of nitrogens with zero attached hydrogens (tertiary/aromatic N) is 2. The second kappa shape index (κ2) is 61.9. The molecule has 1 aliphatic rings. The van der Waals surface area contributed by atoms with Crippen LogP contribution in [0.2, 0.25) is 0 Å². The van der Waals surface area contributed by atoms with Gasteiger partial charge in [-0.05, 0) is 119 Å². The molecule has 0 aromatic heterocycles. The zero-order chi connectivity index (χ0) is 83.8. The number of carbonyl (C=O) groups excluding carboxylic acids is 9. The maximum Gasteiger partial charge on any atom is 0.246 e. The molecule has 654 valence electrons. The molecule has 0 bridgehead atoms. The van der Waals surface area contributed by atoms with Gasteiger partial charge in [0, 0.05) is 39.2 Å². The van der Waals surface area contributed by atoms with Gasteiger partial charge in [0.25, 0.3) is 0 Å². The van der Waals surface area contributed by atoms with Crippen LogP contribution in [-0.4, -0.2) is 320 Å². The van der Waals surface area contributed by atoms with E-state index in [2.05, 4.69) is 54.8 Å². The summed E-state index contributed by atoms with van der Waals surface area (Å²) in [4.78, 5) is 128. The first-order valence-corrected chi connectivity index (χ1v) is 40.9. The molecule has 1 aliphatic heterocycles. The van der Waals surface area contributed by atoms with E-state index in [4.69, 9.17) is 56.8 Å². The van der Waals surface area contributed by atoms with Crippen molar-refractivity contribution in [3.8, 4) is 0 Å². The van der Waals surface area contributed by atoms with Gasteiger partial charge in [-0.15, -0.1) is 0 Å². The maximum absolute atomic E-state index is 14.5. The van der Waals surface area contributed by atoms with Crippen LogP contribution in [0.25, 0.3) is 0 Å². The van der Waals surface area contributed by atoms with Gasteiger partial charge in [-0.25, -0.2) is 0 Å². The van der Waals surface area contributed by atoms with E-state index in [1.54, 1.807) is 12.0 Å². The molecule has 0 radical (unpaired) electrons. The molecule has 1 fully saturated rings. The van der Waals surface area contributed by atoms with Gasteiger partial charge in [-0.2, -0.15) is 0 Å². The fourth-order valence-electron chi connectivity index (χ4n) is 11.8. The van der Waals surface area contributed by atoms with E-state index in [1.807, 2.05) is 67.5 Å². The zero-order valence-corrected chi connectivity index (χ0v) is 71.5. The van der Waals surface area contributed by atoms with Crippen LogP contribution >= 0.6 is 0 Å². The largest absolute Gasteiger partial charge is 0.382 e. The predicted octanol–water partition coefficient (Wildman–Crippen LogP) is 3.07. The van der Waals surface area contributed by atoms with E-state index < -0.39 is 94.4 Å². The first-order chi connectivity index (χ1) is 53.2. The van der Waals surface area contributed by atoms with Crippen molar-refractivity contribution < 1.29 is 105 Å². The van der Waals surface area contributed by atoms with Crippen LogP contribution in [-0.2, 0) is 100.0 Å². The molecule has 7 atom stereocenters. The van der Waals surface area contributed by atoms with E-state index in [9.17, 15) is 48.3 Å². The molecule has 1 rings (SSSR count). The molecule has 10 N–H and O–H groups in total. The van der Waals surface area contributed by atoms with Crippen LogP contribution in [0.1, 0.15) is 187 Å². The fraction of sp³-hybridized carbons (Fsp3) is 0.886. The molecule has 0 spiro atoms. The molecule has 9 amide bonds. The summed E-state index contributed by atoms with van der Waals surface area (Å²) in [6.07, 6.45) is 6.01. The highest BCUT2D eigenvalue weighted by molar-refractivity contribution is 5.98. The van der Waals surface area contributed by atoms with Gasteiger partial charge in [0.15, 0.2) is 0 Å². The van der Waals surface area contributed by atoms with Crippen molar-refractivity contribution in [2.24, 2.45) is 17.8 Å². The lowest BCUT2D eigenvalue weighted by atomic mass is 9.96. The molecule has 33 nitrogen and oxygen atoms in total. The number of aliphatic hydroxyl groups excluding tert-OH is 1. The van der Waals surface area contributed by atoms with Crippen LogP contribution < -0.4 is 47.9 Å². The minimum atomic E-state index is -1.59. The minimum Gasteiger partial charge on any atom is -0.382 e. The van der Waals surface area contributed by atoms with Crippen LogP contribution in [0.15, 0.2) is 0 Å². The summed E-state index contributed by atoms with van der Waals surface area (Å²) < 4.78 is 65.8. The molecule has 1 unspecified atom stereocenters. The third-order valence-corrected chi connectivity index (χ3v) is 17.8. The van der Waals surface area contributed by atoms with E-state index in [-0.39, 0.29) is 87.5 Å². The van der Waals surface area contributed by atoms with Crippen molar-refractivity contribution in [1.82, 2.24) is 57.7 Å². The number of likely N-dealkylation sites (tertiary alicyclic amines) is 1. The monoisotopic (exact) mass is 1610 g/mol. The number of carbonyl (C=O) groups is 9. The standard InChI is InChI=1S/C79H151N11O22/c1-18-19-20-21-22-23-25-62(82-73(97)66-26-24-30-90(66)68(92)28-31-102-34-35-104-38-39-106-42-43-108-46-47-110-50-51-112-53-52-111-49-48-109-45-44-107-41-40-105-37-36-103-33-32-101-17)69(93)83-64(55-59(4)5)71(95)86-78(11,12)75(99)85-63(54-58(2)3)70(94)84-65(56-60(6)7)72(96)87-79(13,14)76(100)88-77(9,10)74(98)80-29-27-67(91)81-61(8)57-89(15)16/h58-66,71,86,95H,18-57H2,1-17H3,(H,80,98)(H,81,91)(H,82,97)(H,83,93)(H,84,94)(H,85,99)(H,87,96)(H,88,100)/t61-,62-,63-,64-,65-,66-,71?/m0/s1. The van der Waals surface area contributed by atoms with Gasteiger partial charge in [-0.3, -0.25) is 48.5 Å². The molecular formula is C79H151N11O22. The van der Waals surface area contributed by atoms with E-state index in [1.165, 1.54) is 41.5 Å². The van der Waals surface area contributed by atoms with Crippen molar-refractivity contribution in [2.75, 3.05) is 193 Å². The number of amides is 9. The minimum absolute atomic E-state index is 0.0228. The Morgan fingerprint density at radius 2 is 0.875 bits per heavy atom. The molecule has 112 heavy (non-hydrogen) atoms. The summed E-state index contributed by atoms with van der Waals surface area (Å²) >= 11 is 0. The van der Waals surface area contributed by atoms with Crippen LogP contribution in [0, 0.1) is 17.8 Å². The first-order valence-electron chi connectivity index (χ1n) is 40.9. The molecule has 0 aromatic rings. The topological polar surface area (TPSA) is 399 Å². The number of rotatable bonds is 71. The number of ether oxygens (including phenoxy) is 12. The highest BCUT2D eigenvalue weighted by atomic mass is 16.6. The number of hydrogen-bond acceptors (Lipinski definition) is 24. The Bertz CT molecular complexity index is 2570. The average Bonchev–Trinajstić information content (AvgIpc) is 1.34. The van der Waals surface area contributed by atoms with E-state index in [0.29, 0.717) is 178 Å². The Morgan fingerprint density at radius 1 is 0.455 bits per heavy atom. The Balaban J connectivity index is 2.74. The highest BCUT2D eigenvalue weighted by Crippen LogP contribution is 2.21. The normalized spacial score (nSPS) is 15.1. The molecule has 33 heteroatoms. The molecule has 0 saturated carbocycles. The Morgan fingerprint density at radius 3 is 1.32 bits per heavy atom. The lowest BCUT2D eigenvalue weighted by Crippen LogP contribution is -2.65.